The van der Waals surface area contributed by atoms with Crippen LogP contribution in [0.15, 0.2) is 77.0 Å². The molecule has 0 spiro atoms. The molecule has 5 heteroatoms. The second kappa shape index (κ2) is 8.19. The highest BCUT2D eigenvalue weighted by Crippen LogP contribution is 2.13. The van der Waals surface area contributed by atoms with Crippen molar-refractivity contribution in [2.75, 3.05) is 5.32 Å². The molecular formula is C22H20N2O3. The van der Waals surface area contributed by atoms with Gasteiger partial charge in [-0.05, 0) is 50.2 Å². The summed E-state index contributed by atoms with van der Waals surface area (Å²) in [6.07, 6.45) is 3.00. The van der Waals surface area contributed by atoms with Gasteiger partial charge in [0.2, 0.25) is 0 Å². The smallest absolute Gasteiger partial charge is 0.272 e. The Morgan fingerprint density at radius 2 is 1.70 bits per heavy atom. The summed E-state index contributed by atoms with van der Waals surface area (Å²) in [5.41, 5.74) is 3.26. The third kappa shape index (κ3) is 4.95. The van der Waals surface area contributed by atoms with E-state index in [4.69, 9.17) is 4.42 Å². The van der Waals surface area contributed by atoms with Crippen molar-refractivity contribution in [3.63, 3.8) is 0 Å². The van der Waals surface area contributed by atoms with E-state index >= 15 is 0 Å². The maximum absolute atomic E-state index is 12.7. The number of carbonyl (C=O) groups is 2. The van der Waals surface area contributed by atoms with Gasteiger partial charge in [-0.15, -0.1) is 0 Å². The van der Waals surface area contributed by atoms with Gasteiger partial charge in [-0.1, -0.05) is 35.4 Å². The lowest BCUT2D eigenvalue weighted by Crippen LogP contribution is -2.30. The minimum atomic E-state index is -0.434. The molecule has 0 unspecified atom stereocenters. The van der Waals surface area contributed by atoms with Crippen molar-refractivity contribution < 1.29 is 14.0 Å². The number of rotatable bonds is 5. The molecule has 3 rings (SSSR count). The molecule has 1 aromatic heterocycles. The van der Waals surface area contributed by atoms with Crippen molar-refractivity contribution in [1.29, 1.82) is 0 Å². The van der Waals surface area contributed by atoms with E-state index in [1.807, 2.05) is 32.0 Å². The van der Waals surface area contributed by atoms with Gasteiger partial charge < -0.3 is 15.1 Å². The number of aryl methyl sites for hydroxylation is 2. The Hall–Kier alpha value is -3.60. The van der Waals surface area contributed by atoms with E-state index in [-0.39, 0.29) is 11.6 Å². The summed E-state index contributed by atoms with van der Waals surface area (Å²) in [4.78, 5) is 25.3. The van der Waals surface area contributed by atoms with Gasteiger partial charge in [0.1, 0.15) is 11.5 Å². The summed E-state index contributed by atoms with van der Waals surface area (Å²) in [6.45, 7) is 3.87. The summed E-state index contributed by atoms with van der Waals surface area (Å²) in [5, 5.41) is 5.47. The first-order valence-electron chi connectivity index (χ1n) is 8.52. The summed E-state index contributed by atoms with van der Waals surface area (Å²) in [7, 11) is 0. The maximum atomic E-state index is 12.7. The number of amides is 2. The Morgan fingerprint density at radius 3 is 2.37 bits per heavy atom. The lowest BCUT2D eigenvalue weighted by Gasteiger charge is -2.11. The molecule has 0 fully saturated rings. The van der Waals surface area contributed by atoms with Crippen LogP contribution in [0.3, 0.4) is 0 Å². The summed E-state index contributed by atoms with van der Waals surface area (Å²) < 4.78 is 5.28. The van der Waals surface area contributed by atoms with Crippen molar-refractivity contribution in [2.24, 2.45) is 0 Å². The first-order chi connectivity index (χ1) is 13.0. The monoisotopic (exact) mass is 360 g/mol. The second-order valence-electron chi connectivity index (χ2n) is 6.22. The molecule has 0 aliphatic rings. The van der Waals surface area contributed by atoms with Crippen LogP contribution < -0.4 is 10.6 Å². The predicted octanol–water partition coefficient (Wildman–Crippen LogP) is 4.31. The van der Waals surface area contributed by atoms with Crippen LogP contribution in [0.4, 0.5) is 5.69 Å². The molecule has 0 aliphatic carbocycles. The highest BCUT2D eigenvalue weighted by molar-refractivity contribution is 6.10. The highest BCUT2D eigenvalue weighted by atomic mass is 16.3. The molecule has 0 radical (unpaired) electrons. The fraction of sp³-hybridized carbons (Fsp3) is 0.0909. The van der Waals surface area contributed by atoms with Crippen LogP contribution in [-0.2, 0) is 4.79 Å². The Balaban J connectivity index is 1.83. The Bertz CT molecular complexity index is 971. The van der Waals surface area contributed by atoms with Crippen LogP contribution >= 0.6 is 0 Å². The lowest BCUT2D eigenvalue weighted by atomic mass is 10.1. The van der Waals surface area contributed by atoms with Crippen LogP contribution in [0.5, 0.6) is 0 Å². The third-order valence-electron chi connectivity index (χ3n) is 3.91. The van der Waals surface area contributed by atoms with Gasteiger partial charge in [0.15, 0.2) is 0 Å². The van der Waals surface area contributed by atoms with E-state index in [0.717, 1.165) is 11.1 Å². The molecule has 3 aromatic rings. The molecule has 0 saturated heterocycles. The zero-order valence-corrected chi connectivity index (χ0v) is 15.2. The van der Waals surface area contributed by atoms with Gasteiger partial charge in [0.25, 0.3) is 11.8 Å². The van der Waals surface area contributed by atoms with E-state index in [9.17, 15) is 9.59 Å². The molecular weight excluding hydrogens is 340 g/mol. The minimum absolute atomic E-state index is 0.0945. The summed E-state index contributed by atoms with van der Waals surface area (Å²) >= 11 is 0. The van der Waals surface area contributed by atoms with E-state index < -0.39 is 5.91 Å². The SMILES string of the molecule is Cc1ccc(NC(=O)/C(=C/c2ccco2)NC(=O)c2cccc(C)c2)cc1. The molecule has 0 saturated carbocycles. The van der Waals surface area contributed by atoms with Gasteiger partial charge in [0, 0.05) is 17.3 Å². The van der Waals surface area contributed by atoms with Crippen LogP contribution in [0.2, 0.25) is 0 Å². The predicted molar refractivity (Wildman–Crippen MR) is 105 cm³/mol. The Morgan fingerprint density at radius 1 is 0.926 bits per heavy atom. The molecule has 0 atom stereocenters. The largest absolute Gasteiger partial charge is 0.465 e. The van der Waals surface area contributed by atoms with Crippen LogP contribution in [-0.4, -0.2) is 11.8 Å². The molecule has 0 aliphatic heterocycles. The van der Waals surface area contributed by atoms with Crippen molar-refractivity contribution in [3.8, 4) is 0 Å². The number of carbonyl (C=O) groups excluding carboxylic acids is 2. The fourth-order valence-corrected chi connectivity index (χ4v) is 2.49. The maximum Gasteiger partial charge on any atom is 0.272 e. The molecule has 1 heterocycles. The van der Waals surface area contributed by atoms with Crippen molar-refractivity contribution >= 4 is 23.6 Å². The quantitative estimate of drug-likeness (QED) is 0.666. The number of hydrogen-bond acceptors (Lipinski definition) is 3. The molecule has 0 bridgehead atoms. The van der Waals surface area contributed by atoms with E-state index in [2.05, 4.69) is 10.6 Å². The Labute approximate surface area is 157 Å². The number of hydrogen-bond donors (Lipinski definition) is 2. The van der Waals surface area contributed by atoms with Crippen molar-refractivity contribution in [2.45, 2.75) is 13.8 Å². The van der Waals surface area contributed by atoms with Gasteiger partial charge >= 0.3 is 0 Å². The molecule has 27 heavy (non-hydrogen) atoms. The minimum Gasteiger partial charge on any atom is -0.465 e. The first-order valence-corrected chi connectivity index (χ1v) is 8.52. The van der Waals surface area contributed by atoms with Crippen LogP contribution in [0, 0.1) is 13.8 Å². The first kappa shape index (κ1) is 18.2. The fourth-order valence-electron chi connectivity index (χ4n) is 2.49. The van der Waals surface area contributed by atoms with Gasteiger partial charge in [0.05, 0.1) is 6.26 Å². The highest BCUT2D eigenvalue weighted by Gasteiger charge is 2.15. The third-order valence-corrected chi connectivity index (χ3v) is 3.91. The number of anilines is 1. The number of benzene rings is 2. The molecule has 5 nitrogen and oxygen atoms in total. The summed E-state index contributed by atoms with van der Waals surface area (Å²) in [6, 6.07) is 18.0. The molecule has 2 aromatic carbocycles. The normalized spacial score (nSPS) is 11.1. The molecule has 2 amide bonds. The average Bonchev–Trinajstić information content (AvgIpc) is 3.16. The van der Waals surface area contributed by atoms with Crippen LogP contribution in [0.1, 0.15) is 27.2 Å². The zero-order valence-electron chi connectivity index (χ0n) is 15.2. The Kier molecular flexibility index (Phi) is 5.52. The lowest BCUT2D eigenvalue weighted by molar-refractivity contribution is -0.113. The average molecular weight is 360 g/mol. The van der Waals surface area contributed by atoms with E-state index in [1.165, 1.54) is 12.3 Å². The van der Waals surface area contributed by atoms with Gasteiger partial charge in [-0.3, -0.25) is 9.59 Å². The number of furan rings is 1. The van der Waals surface area contributed by atoms with E-state index in [0.29, 0.717) is 17.0 Å². The topological polar surface area (TPSA) is 71.3 Å². The van der Waals surface area contributed by atoms with Crippen molar-refractivity contribution in [1.82, 2.24) is 5.32 Å². The number of nitrogens with one attached hydrogen (secondary N) is 2. The van der Waals surface area contributed by atoms with Crippen LogP contribution in [0.25, 0.3) is 6.08 Å². The molecule has 136 valence electrons. The van der Waals surface area contributed by atoms with Gasteiger partial charge in [-0.2, -0.15) is 0 Å². The summed E-state index contributed by atoms with van der Waals surface area (Å²) in [5.74, 6) is -0.333. The standard InChI is InChI=1S/C22H20N2O3/c1-15-8-10-18(11-9-15)23-22(26)20(14-19-7-4-12-27-19)24-21(25)17-6-3-5-16(2)13-17/h3-14H,1-2H3,(H,23,26)(H,24,25)/b20-14-. The van der Waals surface area contributed by atoms with Crippen molar-refractivity contribution in [3.05, 3.63) is 95.1 Å². The second-order valence-corrected chi connectivity index (χ2v) is 6.22. The van der Waals surface area contributed by atoms with E-state index in [1.54, 1.807) is 42.5 Å². The zero-order chi connectivity index (χ0) is 19.2. The van der Waals surface area contributed by atoms with Gasteiger partial charge in [-0.25, -0.2) is 0 Å². The molecule has 2 N–H and O–H groups in total.